The Bertz CT molecular complexity index is 349. The van der Waals surface area contributed by atoms with Gasteiger partial charge >= 0.3 is 12.0 Å². The molecule has 0 aliphatic heterocycles. The lowest BCUT2D eigenvalue weighted by Crippen LogP contribution is -2.41. The van der Waals surface area contributed by atoms with E-state index in [0.29, 0.717) is 6.54 Å². The van der Waals surface area contributed by atoms with Crippen molar-refractivity contribution in [3.63, 3.8) is 0 Å². The van der Waals surface area contributed by atoms with Crippen LogP contribution in [-0.4, -0.2) is 29.6 Å². The summed E-state index contributed by atoms with van der Waals surface area (Å²) in [6.07, 6.45) is 4.28. The highest BCUT2D eigenvalue weighted by Gasteiger charge is 2.38. The van der Waals surface area contributed by atoms with Crippen molar-refractivity contribution >= 4 is 17.9 Å². The Kier molecular flexibility index (Phi) is 5.79. The van der Waals surface area contributed by atoms with Gasteiger partial charge in [0.25, 0.3) is 0 Å². The van der Waals surface area contributed by atoms with E-state index in [2.05, 4.69) is 10.6 Å². The van der Waals surface area contributed by atoms with Crippen LogP contribution in [0.3, 0.4) is 0 Å². The summed E-state index contributed by atoms with van der Waals surface area (Å²) in [5, 5.41) is 13.8. The van der Waals surface area contributed by atoms with Gasteiger partial charge in [-0.1, -0.05) is 19.8 Å². The summed E-state index contributed by atoms with van der Waals surface area (Å²) in [6, 6.07) is -0.504. The lowest BCUT2D eigenvalue weighted by molar-refractivity contribution is -0.140. The monoisotopic (exact) mass is 270 g/mol. The van der Waals surface area contributed by atoms with Gasteiger partial charge in [0.15, 0.2) is 0 Å². The van der Waals surface area contributed by atoms with Crippen LogP contribution in [0.1, 0.15) is 51.9 Å². The first-order chi connectivity index (χ1) is 8.97. The third kappa shape index (κ3) is 5.28. The molecule has 1 rings (SSSR count). The Morgan fingerprint density at radius 2 is 1.79 bits per heavy atom. The van der Waals surface area contributed by atoms with Crippen molar-refractivity contribution in [3.05, 3.63) is 0 Å². The molecule has 0 bridgehead atoms. The quantitative estimate of drug-likeness (QED) is 0.683. The van der Waals surface area contributed by atoms with Crippen molar-refractivity contribution in [2.45, 2.75) is 51.9 Å². The molecule has 3 N–H and O–H groups in total. The van der Waals surface area contributed by atoms with Crippen LogP contribution >= 0.6 is 0 Å². The second kappa shape index (κ2) is 7.11. The summed E-state index contributed by atoms with van der Waals surface area (Å²) in [4.78, 5) is 34.0. The standard InChI is InChI=1S/C13H22N2O4/c1-2-7-14-12(19)15-10(16)8-13(9-11(17)18)5-3-4-6-13/h2-9H2,1H3,(H,17,18)(H2,14,15,16,19). The molecule has 1 aliphatic carbocycles. The molecule has 0 spiro atoms. The molecule has 0 saturated heterocycles. The van der Waals surface area contributed by atoms with Crippen LogP contribution in [0.15, 0.2) is 0 Å². The van der Waals surface area contributed by atoms with Gasteiger partial charge in [0.05, 0.1) is 6.42 Å². The van der Waals surface area contributed by atoms with E-state index in [9.17, 15) is 14.4 Å². The number of carboxylic acids is 1. The Hall–Kier alpha value is -1.59. The zero-order valence-electron chi connectivity index (χ0n) is 11.3. The first-order valence-corrected chi connectivity index (χ1v) is 6.77. The molecule has 6 nitrogen and oxygen atoms in total. The number of hydrogen-bond acceptors (Lipinski definition) is 3. The predicted octanol–water partition coefficient (Wildman–Crippen LogP) is 1.65. The third-order valence-electron chi connectivity index (χ3n) is 3.51. The predicted molar refractivity (Wildman–Crippen MR) is 69.6 cm³/mol. The topological polar surface area (TPSA) is 95.5 Å². The molecular formula is C13H22N2O4. The number of imide groups is 1. The van der Waals surface area contributed by atoms with Crippen molar-refractivity contribution < 1.29 is 19.5 Å². The highest BCUT2D eigenvalue weighted by atomic mass is 16.4. The minimum absolute atomic E-state index is 0.00298. The number of aliphatic carboxylic acids is 1. The van der Waals surface area contributed by atoms with E-state index in [-0.39, 0.29) is 12.8 Å². The summed E-state index contributed by atoms with van der Waals surface area (Å²) < 4.78 is 0. The first kappa shape index (κ1) is 15.5. The van der Waals surface area contributed by atoms with Gasteiger partial charge in [-0.05, 0) is 24.7 Å². The van der Waals surface area contributed by atoms with Gasteiger partial charge in [0, 0.05) is 13.0 Å². The van der Waals surface area contributed by atoms with E-state index in [0.717, 1.165) is 32.1 Å². The Morgan fingerprint density at radius 3 is 2.32 bits per heavy atom. The average molecular weight is 270 g/mol. The highest BCUT2D eigenvalue weighted by molar-refractivity contribution is 5.94. The number of amides is 3. The maximum atomic E-state index is 11.8. The molecular weight excluding hydrogens is 248 g/mol. The van der Waals surface area contributed by atoms with Gasteiger partial charge in [-0.3, -0.25) is 14.9 Å². The largest absolute Gasteiger partial charge is 0.481 e. The molecule has 0 atom stereocenters. The molecule has 0 radical (unpaired) electrons. The Morgan fingerprint density at radius 1 is 1.16 bits per heavy atom. The molecule has 0 aromatic carbocycles. The van der Waals surface area contributed by atoms with Crippen molar-refractivity contribution in [1.29, 1.82) is 0 Å². The lowest BCUT2D eigenvalue weighted by Gasteiger charge is -2.26. The number of carbonyl (C=O) groups excluding carboxylic acids is 2. The van der Waals surface area contributed by atoms with Gasteiger partial charge in [0.1, 0.15) is 0 Å². The van der Waals surface area contributed by atoms with Crippen LogP contribution in [0.25, 0.3) is 0 Å². The van der Waals surface area contributed by atoms with Crippen molar-refractivity contribution in [3.8, 4) is 0 Å². The summed E-state index contributed by atoms with van der Waals surface area (Å²) in [5.74, 6) is -1.28. The number of urea groups is 1. The number of carboxylic acid groups (broad SMARTS) is 1. The number of carbonyl (C=O) groups is 3. The van der Waals surface area contributed by atoms with Gasteiger partial charge in [-0.25, -0.2) is 4.79 Å². The molecule has 0 unspecified atom stereocenters. The van der Waals surface area contributed by atoms with E-state index < -0.39 is 23.3 Å². The Balaban J connectivity index is 2.48. The van der Waals surface area contributed by atoms with Crippen molar-refractivity contribution in [1.82, 2.24) is 10.6 Å². The Labute approximate surface area is 112 Å². The molecule has 0 aromatic heterocycles. The van der Waals surface area contributed by atoms with Gasteiger partial charge in [0.2, 0.25) is 5.91 Å². The SMILES string of the molecule is CCCNC(=O)NC(=O)CC1(CC(=O)O)CCCC1. The molecule has 1 fully saturated rings. The van der Waals surface area contributed by atoms with E-state index in [4.69, 9.17) is 5.11 Å². The summed E-state index contributed by atoms with van der Waals surface area (Å²) >= 11 is 0. The van der Waals surface area contributed by atoms with Crippen LogP contribution in [-0.2, 0) is 9.59 Å². The minimum atomic E-state index is -0.884. The van der Waals surface area contributed by atoms with E-state index >= 15 is 0 Å². The van der Waals surface area contributed by atoms with E-state index in [1.807, 2.05) is 6.92 Å². The van der Waals surface area contributed by atoms with E-state index in [1.54, 1.807) is 0 Å². The second-order valence-corrected chi connectivity index (χ2v) is 5.26. The fourth-order valence-corrected chi connectivity index (χ4v) is 2.66. The first-order valence-electron chi connectivity index (χ1n) is 6.77. The number of nitrogens with one attached hydrogen (secondary N) is 2. The lowest BCUT2D eigenvalue weighted by atomic mass is 9.79. The molecule has 6 heteroatoms. The van der Waals surface area contributed by atoms with Crippen molar-refractivity contribution in [2.75, 3.05) is 6.54 Å². The van der Waals surface area contributed by atoms with Gasteiger partial charge < -0.3 is 10.4 Å². The fraction of sp³-hybridized carbons (Fsp3) is 0.769. The maximum absolute atomic E-state index is 11.8. The normalized spacial score (nSPS) is 16.9. The fourth-order valence-electron chi connectivity index (χ4n) is 2.66. The summed E-state index contributed by atoms with van der Waals surface area (Å²) in [6.45, 7) is 2.43. The smallest absolute Gasteiger partial charge is 0.321 e. The van der Waals surface area contributed by atoms with Crippen LogP contribution in [0.2, 0.25) is 0 Å². The van der Waals surface area contributed by atoms with Crippen LogP contribution < -0.4 is 10.6 Å². The van der Waals surface area contributed by atoms with Gasteiger partial charge in [-0.2, -0.15) is 0 Å². The summed E-state index contributed by atoms with van der Waals surface area (Å²) in [5.41, 5.74) is -0.471. The van der Waals surface area contributed by atoms with Crippen LogP contribution in [0.4, 0.5) is 4.79 Å². The number of rotatable bonds is 6. The van der Waals surface area contributed by atoms with Crippen molar-refractivity contribution in [2.24, 2.45) is 5.41 Å². The summed E-state index contributed by atoms with van der Waals surface area (Å²) in [7, 11) is 0. The molecule has 1 saturated carbocycles. The molecule has 0 heterocycles. The zero-order chi connectivity index (χ0) is 14.3. The highest BCUT2D eigenvalue weighted by Crippen LogP contribution is 2.43. The third-order valence-corrected chi connectivity index (χ3v) is 3.51. The zero-order valence-corrected chi connectivity index (χ0v) is 11.3. The number of hydrogen-bond donors (Lipinski definition) is 3. The molecule has 3 amide bonds. The van der Waals surface area contributed by atoms with Gasteiger partial charge in [-0.15, -0.1) is 0 Å². The molecule has 19 heavy (non-hydrogen) atoms. The van der Waals surface area contributed by atoms with Crippen LogP contribution in [0, 0.1) is 5.41 Å². The minimum Gasteiger partial charge on any atom is -0.481 e. The van der Waals surface area contributed by atoms with E-state index in [1.165, 1.54) is 0 Å². The maximum Gasteiger partial charge on any atom is 0.321 e. The molecule has 0 aromatic rings. The second-order valence-electron chi connectivity index (χ2n) is 5.26. The van der Waals surface area contributed by atoms with Crippen LogP contribution in [0.5, 0.6) is 0 Å². The molecule has 1 aliphatic rings. The molecule has 108 valence electrons. The average Bonchev–Trinajstić information content (AvgIpc) is 2.73.